The molecule has 0 bridgehead atoms. The van der Waals surface area contributed by atoms with Crippen molar-refractivity contribution in [2.24, 2.45) is 0 Å². The Morgan fingerprint density at radius 2 is 2.06 bits per heavy atom. The number of nitro groups is 1. The first kappa shape index (κ1) is 12.3. The van der Waals surface area contributed by atoms with Crippen molar-refractivity contribution in [2.75, 3.05) is 6.54 Å². The van der Waals surface area contributed by atoms with E-state index in [0.717, 1.165) is 12.1 Å². The number of halogens is 3. The van der Waals surface area contributed by atoms with Gasteiger partial charge in [-0.25, -0.2) is 0 Å². The minimum Gasteiger partial charge on any atom is -0.406 e. The molecule has 0 amide bonds. The topological polar surface area (TPSA) is 52.4 Å². The smallest absolute Gasteiger partial charge is 0.406 e. The van der Waals surface area contributed by atoms with E-state index in [1.807, 2.05) is 0 Å². The summed E-state index contributed by atoms with van der Waals surface area (Å²) in [6.45, 7) is -0.324. The molecule has 0 spiro atoms. The molecule has 16 heavy (non-hydrogen) atoms. The third-order valence-corrected chi connectivity index (χ3v) is 1.72. The predicted octanol–water partition coefficient (Wildman–Crippen LogP) is 2.40. The molecule has 1 rings (SSSR count). The van der Waals surface area contributed by atoms with E-state index in [1.165, 1.54) is 12.1 Å². The number of hydrogen-bond donors (Lipinski definition) is 0. The van der Waals surface area contributed by atoms with E-state index in [4.69, 9.17) is 0 Å². The van der Waals surface area contributed by atoms with Crippen molar-refractivity contribution < 1.29 is 22.8 Å². The molecule has 0 radical (unpaired) electrons. The Bertz CT molecular complexity index is 379. The number of ether oxygens (including phenoxy) is 1. The normalized spacial score (nSPS) is 11.2. The average molecular weight is 235 g/mol. The van der Waals surface area contributed by atoms with Crippen LogP contribution in [-0.2, 0) is 6.42 Å². The molecule has 0 atom stereocenters. The lowest BCUT2D eigenvalue weighted by atomic mass is 10.1. The van der Waals surface area contributed by atoms with Gasteiger partial charge in [-0.3, -0.25) is 10.1 Å². The molecule has 0 aliphatic heterocycles. The summed E-state index contributed by atoms with van der Waals surface area (Å²) in [6.07, 6.45) is -4.68. The van der Waals surface area contributed by atoms with E-state index in [9.17, 15) is 23.3 Å². The number of nitrogens with zero attached hydrogens (tertiary/aromatic N) is 1. The first-order valence-electron chi connectivity index (χ1n) is 4.33. The van der Waals surface area contributed by atoms with Gasteiger partial charge in [-0.2, -0.15) is 0 Å². The second kappa shape index (κ2) is 4.82. The molecule has 0 saturated heterocycles. The third kappa shape index (κ3) is 4.63. The van der Waals surface area contributed by atoms with Gasteiger partial charge in [0, 0.05) is 11.3 Å². The van der Waals surface area contributed by atoms with E-state index in [2.05, 4.69) is 4.74 Å². The highest BCUT2D eigenvalue weighted by Crippen LogP contribution is 2.23. The van der Waals surface area contributed by atoms with Crippen LogP contribution in [0.1, 0.15) is 5.56 Å². The zero-order chi connectivity index (χ0) is 12.2. The molecule has 1 aromatic rings. The predicted molar refractivity (Wildman–Crippen MR) is 48.7 cm³/mol. The van der Waals surface area contributed by atoms with Gasteiger partial charge in [0.05, 0.1) is 0 Å². The van der Waals surface area contributed by atoms with Gasteiger partial charge in [-0.1, -0.05) is 12.1 Å². The second-order valence-electron chi connectivity index (χ2n) is 3.00. The maximum Gasteiger partial charge on any atom is 0.573 e. The summed E-state index contributed by atoms with van der Waals surface area (Å²) < 4.78 is 39.2. The third-order valence-electron chi connectivity index (χ3n) is 1.72. The molecule has 88 valence electrons. The van der Waals surface area contributed by atoms with Crippen LogP contribution in [0, 0.1) is 10.1 Å². The second-order valence-corrected chi connectivity index (χ2v) is 3.00. The average Bonchev–Trinajstić information content (AvgIpc) is 2.12. The van der Waals surface area contributed by atoms with E-state index in [-0.39, 0.29) is 18.7 Å². The van der Waals surface area contributed by atoms with Crippen LogP contribution < -0.4 is 4.74 Å². The zero-order valence-corrected chi connectivity index (χ0v) is 8.03. The standard InChI is InChI=1S/C9H8F3NO3/c10-9(11,12)16-8-3-1-2-7(6-8)4-5-13(14)15/h1-3,6H,4-5H2. The molecule has 0 fully saturated rings. The van der Waals surface area contributed by atoms with Crippen molar-refractivity contribution in [1.29, 1.82) is 0 Å². The Morgan fingerprint density at radius 3 is 2.62 bits per heavy atom. The molecule has 0 unspecified atom stereocenters. The number of hydrogen-bond acceptors (Lipinski definition) is 3. The van der Waals surface area contributed by atoms with Crippen LogP contribution in [-0.4, -0.2) is 17.8 Å². The summed E-state index contributed by atoms with van der Waals surface area (Å²) >= 11 is 0. The lowest BCUT2D eigenvalue weighted by Gasteiger charge is -2.09. The fourth-order valence-electron chi connectivity index (χ4n) is 1.12. The van der Waals surface area contributed by atoms with Crippen molar-refractivity contribution in [2.45, 2.75) is 12.8 Å². The summed E-state index contributed by atoms with van der Waals surface area (Å²) in [5.74, 6) is -0.367. The van der Waals surface area contributed by atoms with Crippen molar-refractivity contribution in [1.82, 2.24) is 0 Å². The van der Waals surface area contributed by atoms with E-state index < -0.39 is 11.3 Å². The van der Waals surface area contributed by atoms with Crippen LogP contribution >= 0.6 is 0 Å². The molecular weight excluding hydrogens is 227 g/mol. The molecular formula is C9H8F3NO3. The largest absolute Gasteiger partial charge is 0.573 e. The molecule has 4 nitrogen and oxygen atoms in total. The Hall–Kier alpha value is -1.79. The highest BCUT2D eigenvalue weighted by atomic mass is 19.4. The van der Waals surface area contributed by atoms with E-state index >= 15 is 0 Å². The summed E-state index contributed by atoms with van der Waals surface area (Å²) in [5, 5.41) is 10.1. The highest BCUT2D eigenvalue weighted by molar-refractivity contribution is 5.28. The maximum atomic E-state index is 11.9. The van der Waals surface area contributed by atoms with Gasteiger partial charge < -0.3 is 4.74 Å². The molecule has 0 aliphatic carbocycles. The molecule has 0 saturated carbocycles. The van der Waals surface area contributed by atoms with Gasteiger partial charge in [-0.05, 0) is 17.7 Å². The minimum atomic E-state index is -4.75. The van der Waals surface area contributed by atoms with Crippen LogP contribution in [0.5, 0.6) is 5.75 Å². The first-order valence-corrected chi connectivity index (χ1v) is 4.33. The number of rotatable bonds is 4. The van der Waals surface area contributed by atoms with E-state index in [0.29, 0.717) is 5.56 Å². The fourth-order valence-corrected chi connectivity index (χ4v) is 1.12. The van der Waals surface area contributed by atoms with Crippen LogP contribution in [0.3, 0.4) is 0 Å². The Morgan fingerprint density at radius 1 is 1.38 bits per heavy atom. The molecule has 1 aromatic carbocycles. The van der Waals surface area contributed by atoms with Gasteiger partial charge >= 0.3 is 6.36 Å². The van der Waals surface area contributed by atoms with Gasteiger partial charge in [0.1, 0.15) is 5.75 Å². The maximum absolute atomic E-state index is 11.9. The molecule has 0 N–H and O–H groups in total. The molecule has 0 heterocycles. The van der Waals surface area contributed by atoms with Crippen molar-refractivity contribution in [3.63, 3.8) is 0 Å². The lowest BCUT2D eigenvalue weighted by Crippen LogP contribution is -2.17. The zero-order valence-electron chi connectivity index (χ0n) is 8.03. The van der Waals surface area contributed by atoms with Crippen LogP contribution in [0.15, 0.2) is 24.3 Å². The summed E-state index contributed by atoms with van der Waals surface area (Å²) in [7, 11) is 0. The van der Waals surface area contributed by atoms with Crippen molar-refractivity contribution >= 4 is 0 Å². The Labute approximate surface area is 88.8 Å². The number of benzene rings is 1. The quantitative estimate of drug-likeness (QED) is 0.594. The molecule has 0 aromatic heterocycles. The Kier molecular flexibility index (Phi) is 3.70. The molecule has 7 heteroatoms. The van der Waals surface area contributed by atoms with Crippen LogP contribution in [0.2, 0.25) is 0 Å². The van der Waals surface area contributed by atoms with Gasteiger partial charge in [0.2, 0.25) is 6.54 Å². The van der Waals surface area contributed by atoms with Crippen LogP contribution in [0.4, 0.5) is 13.2 Å². The first-order chi connectivity index (χ1) is 7.37. The minimum absolute atomic E-state index is 0.0715. The van der Waals surface area contributed by atoms with Crippen LogP contribution in [0.25, 0.3) is 0 Å². The SMILES string of the molecule is O=[N+]([O-])CCc1cccc(OC(F)(F)F)c1. The highest BCUT2D eigenvalue weighted by Gasteiger charge is 2.31. The lowest BCUT2D eigenvalue weighted by molar-refractivity contribution is -0.479. The van der Waals surface area contributed by atoms with Gasteiger partial charge in [-0.15, -0.1) is 13.2 Å². The Balaban J connectivity index is 2.67. The molecule has 0 aliphatic rings. The summed E-state index contributed by atoms with van der Waals surface area (Å²) in [6, 6.07) is 5.14. The number of alkyl halides is 3. The summed E-state index contributed by atoms with van der Waals surface area (Å²) in [4.78, 5) is 9.55. The van der Waals surface area contributed by atoms with E-state index in [1.54, 1.807) is 0 Å². The van der Waals surface area contributed by atoms with Crippen molar-refractivity contribution in [3.8, 4) is 5.75 Å². The monoisotopic (exact) mass is 235 g/mol. The van der Waals surface area contributed by atoms with Gasteiger partial charge in [0.25, 0.3) is 0 Å². The fraction of sp³-hybridized carbons (Fsp3) is 0.333. The van der Waals surface area contributed by atoms with Crippen molar-refractivity contribution in [3.05, 3.63) is 39.9 Å². The van der Waals surface area contributed by atoms with Gasteiger partial charge in [0.15, 0.2) is 0 Å². The summed E-state index contributed by atoms with van der Waals surface area (Å²) in [5.41, 5.74) is 0.429.